The van der Waals surface area contributed by atoms with Gasteiger partial charge >= 0.3 is 13.8 Å². The maximum absolute atomic E-state index is 12.4. The number of nitrogens with zero attached hydrogens (tertiary/aromatic N) is 4. The smallest absolute Gasteiger partial charge is 0.387 e. The fourth-order valence-electron chi connectivity index (χ4n) is 2.76. The third-order valence-corrected chi connectivity index (χ3v) is 4.50. The van der Waals surface area contributed by atoms with Crippen LogP contribution in [0.4, 0.5) is 19.0 Å². The number of fused-ring (bicyclic) bond motifs is 1. The molecule has 12 nitrogen and oxygen atoms in total. The van der Waals surface area contributed by atoms with Crippen LogP contribution in [-0.4, -0.2) is 83.6 Å². The summed E-state index contributed by atoms with van der Waals surface area (Å²) in [5.74, 6) is -0.196. The van der Waals surface area contributed by atoms with E-state index < -0.39 is 57.7 Å². The van der Waals surface area contributed by atoms with Gasteiger partial charge in [0.15, 0.2) is 11.5 Å². The molecule has 0 aliphatic carbocycles. The van der Waals surface area contributed by atoms with Crippen LogP contribution in [0, 0.1) is 0 Å². The summed E-state index contributed by atoms with van der Waals surface area (Å²) in [5, 5.41) is 26.4. The first kappa shape index (κ1) is 21.8. The molecule has 0 radical (unpaired) electrons. The van der Waals surface area contributed by atoms with Crippen LogP contribution >= 0.6 is 7.60 Å². The molecule has 162 valence electrons. The van der Waals surface area contributed by atoms with Crippen molar-refractivity contribution in [3.8, 4) is 0 Å². The summed E-state index contributed by atoms with van der Waals surface area (Å²) in [6.07, 6.45) is -8.40. The van der Waals surface area contributed by atoms with Crippen molar-refractivity contribution in [2.24, 2.45) is 0 Å². The molecular weight excluding hydrogens is 426 g/mol. The molecule has 2 aromatic rings. The van der Waals surface area contributed by atoms with Crippen molar-refractivity contribution >= 4 is 19.1 Å². The van der Waals surface area contributed by atoms with Gasteiger partial charge in [0, 0.05) is 0 Å². The molecule has 5 N–H and O–H groups in total. The van der Waals surface area contributed by atoms with Gasteiger partial charge < -0.3 is 34.8 Å². The van der Waals surface area contributed by atoms with Crippen molar-refractivity contribution in [1.82, 2.24) is 19.6 Å². The van der Waals surface area contributed by atoms with E-state index in [9.17, 15) is 27.9 Å². The number of rotatable bonds is 7. The van der Waals surface area contributed by atoms with E-state index in [0.29, 0.717) is 0 Å². The lowest BCUT2D eigenvalue weighted by atomic mass is 10.1. The lowest BCUT2D eigenvalue weighted by Gasteiger charge is -2.15. The first-order valence-corrected chi connectivity index (χ1v) is 9.89. The van der Waals surface area contributed by atoms with E-state index in [4.69, 9.17) is 19.3 Å². The Hall–Kier alpha value is -1.87. The third kappa shape index (κ3) is 5.19. The Balaban J connectivity index is 1.77. The predicted molar refractivity (Wildman–Crippen MR) is 87.8 cm³/mol. The normalized spacial score (nSPS) is 25.6. The number of alkyl halides is 3. The summed E-state index contributed by atoms with van der Waals surface area (Å²) >= 11 is 0. The Kier molecular flexibility index (Phi) is 6.10. The van der Waals surface area contributed by atoms with Crippen molar-refractivity contribution in [1.29, 1.82) is 0 Å². The monoisotopic (exact) mass is 443 g/mol. The van der Waals surface area contributed by atoms with E-state index in [1.165, 1.54) is 6.20 Å². The van der Waals surface area contributed by atoms with Crippen LogP contribution in [0.1, 0.15) is 11.8 Å². The highest BCUT2D eigenvalue weighted by atomic mass is 31.2. The molecule has 1 aliphatic heterocycles. The molecule has 0 spiro atoms. The Labute approximate surface area is 160 Å². The van der Waals surface area contributed by atoms with Gasteiger partial charge in [0.1, 0.15) is 43.6 Å². The summed E-state index contributed by atoms with van der Waals surface area (Å²) in [7, 11) is -4.42. The van der Waals surface area contributed by atoms with E-state index in [1.807, 2.05) is 0 Å². The summed E-state index contributed by atoms with van der Waals surface area (Å²) in [4.78, 5) is 25.2. The molecule has 29 heavy (non-hydrogen) atoms. The summed E-state index contributed by atoms with van der Waals surface area (Å²) in [6, 6.07) is 0. The molecule has 16 heteroatoms. The molecular formula is C13H17F3N5O7P. The fraction of sp³-hybridized carbons (Fsp3) is 0.615. The van der Waals surface area contributed by atoms with Gasteiger partial charge in [-0.1, -0.05) is 0 Å². The highest BCUT2D eigenvalue weighted by Crippen LogP contribution is 2.36. The number of imidazole rings is 1. The number of nitrogens with one attached hydrogen (secondary N) is 1. The van der Waals surface area contributed by atoms with Gasteiger partial charge in [-0.2, -0.15) is 18.3 Å². The molecule has 1 fully saturated rings. The molecule has 3 rings (SSSR count). The molecule has 1 saturated heterocycles. The lowest BCUT2D eigenvalue weighted by Crippen LogP contribution is -2.33. The van der Waals surface area contributed by atoms with E-state index >= 15 is 0 Å². The zero-order chi connectivity index (χ0) is 21.4. The van der Waals surface area contributed by atoms with Gasteiger partial charge in [-0.25, -0.2) is 14.5 Å². The van der Waals surface area contributed by atoms with Crippen LogP contribution < -0.4 is 5.32 Å². The number of halogens is 3. The van der Waals surface area contributed by atoms with Crippen molar-refractivity contribution in [2.45, 2.75) is 30.6 Å². The number of hydrogen-bond acceptors (Lipinski definition) is 9. The van der Waals surface area contributed by atoms with Gasteiger partial charge in [0.05, 0.1) is 18.5 Å². The topological polar surface area (TPSA) is 172 Å². The second-order valence-electron chi connectivity index (χ2n) is 6.24. The number of aliphatic hydroxyl groups is 2. The summed E-state index contributed by atoms with van der Waals surface area (Å²) in [5.41, 5.74) is 0.0692. The maximum atomic E-state index is 12.4. The highest BCUT2D eigenvalue weighted by Gasteiger charge is 2.45. The van der Waals surface area contributed by atoms with E-state index in [2.05, 4.69) is 20.4 Å². The molecule has 0 saturated carbocycles. The van der Waals surface area contributed by atoms with Crippen molar-refractivity contribution < 1.29 is 47.2 Å². The van der Waals surface area contributed by atoms with Crippen molar-refractivity contribution in [3.05, 3.63) is 18.2 Å². The van der Waals surface area contributed by atoms with Crippen molar-refractivity contribution in [2.75, 3.05) is 24.8 Å². The van der Waals surface area contributed by atoms with E-state index in [0.717, 1.165) is 10.8 Å². The van der Waals surface area contributed by atoms with Crippen LogP contribution in [0.15, 0.2) is 12.5 Å². The quantitative estimate of drug-likeness (QED) is 0.347. The minimum Gasteiger partial charge on any atom is -0.387 e. The predicted octanol–water partition coefficient (Wildman–Crippen LogP) is -0.588. The van der Waals surface area contributed by atoms with Gasteiger partial charge in [0.25, 0.3) is 0 Å². The minimum atomic E-state index is -4.48. The zero-order valence-corrected chi connectivity index (χ0v) is 15.4. The molecule has 1 unspecified atom stereocenters. The molecule has 0 amide bonds. The van der Waals surface area contributed by atoms with Crippen LogP contribution in [0.3, 0.4) is 0 Å². The fourth-order valence-corrected chi connectivity index (χ4v) is 3.10. The Morgan fingerprint density at radius 1 is 1.28 bits per heavy atom. The largest absolute Gasteiger partial charge is 0.405 e. The third-order valence-electron chi connectivity index (χ3n) is 3.98. The Bertz CT molecular complexity index is 907. The second kappa shape index (κ2) is 8.10. The summed E-state index contributed by atoms with van der Waals surface area (Å²) < 4.78 is 59.5. The molecule has 0 aromatic carbocycles. The first-order valence-electron chi connectivity index (χ1n) is 8.09. The average Bonchev–Trinajstić information content (AvgIpc) is 3.15. The Morgan fingerprint density at radius 3 is 2.66 bits per heavy atom. The zero-order valence-electron chi connectivity index (χ0n) is 14.5. The Morgan fingerprint density at radius 2 is 2.00 bits per heavy atom. The maximum Gasteiger partial charge on any atom is 0.405 e. The second-order valence-corrected chi connectivity index (χ2v) is 7.82. The molecule has 2 aromatic heterocycles. The van der Waals surface area contributed by atoms with Crippen LogP contribution in [-0.2, 0) is 14.0 Å². The molecule has 0 bridgehead atoms. The summed E-state index contributed by atoms with van der Waals surface area (Å²) in [6.45, 7) is -1.76. The van der Waals surface area contributed by atoms with Gasteiger partial charge in [-0.05, 0) is 0 Å². The average molecular weight is 443 g/mol. The standard InChI is InChI=1S/C13H17F3N5O7P/c14-13(15,16)3-18-11-12-17-1-6(21(12)20-4-19-11)10-9(23)8(22)7(28-10)2-27-5-29(24,25)26/h1,4,7-10,22-23H,2-3,5H2,(H,18,19,20)(H2,24,25,26)/t7-,8-,9-,10?/m1/s1. The van der Waals surface area contributed by atoms with Crippen LogP contribution in [0.5, 0.6) is 0 Å². The number of aliphatic hydroxyl groups excluding tert-OH is 2. The van der Waals surface area contributed by atoms with Gasteiger partial charge in [0.2, 0.25) is 0 Å². The number of hydrogen-bond donors (Lipinski definition) is 5. The first-order chi connectivity index (χ1) is 13.5. The number of aromatic nitrogens is 4. The SMILES string of the molecule is O=P(O)(O)COC[C@H]1OC(c2cnc3c(NCC(F)(F)F)ncnn23)[C@H](O)[C@@H]1O. The molecule has 1 aliphatic rings. The van der Waals surface area contributed by atoms with E-state index in [-0.39, 0.29) is 17.2 Å². The number of ether oxygens (including phenoxy) is 2. The lowest BCUT2D eigenvalue weighted by molar-refractivity contribution is -0.115. The van der Waals surface area contributed by atoms with Gasteiger partial charge in [-0.15, -0.1) is 0 Å². The number of anilines is 1. The minimum absolute atomic E-state index is 0.0572. The molecule has 3 heterocycles. The van der Waals surface area contributed by atoms with Crippen LogP contribution in [0.2, 0.25) is 0 Å². The van der Waals surface area contributed by atoms with Gasteiger partial charge in [-0.3, -0.25) is 4.57 Å². The van der Waals surface area contributed by atoms with Crippen molar-refractivity contribution in [3.63, 3.8) is 0 Å². The van der Waals surface area contributed by atoms with Crippen LogP contribution in [0.25, 0.3) is 5.65 Å². The highest BCUT2D eigenvalue weighted by molar-refractivity contribution is 7.51. The molecule has 4 atom stereocenters. The van der Waals surface area contributed by atoms with E-state index in [1.54, 1.807) is 0 Å².